The van der Waals surface area contributed by atoms with Gasteiger partial charge in [-0.3, -0.25) is 19.4 Å². The Kier molecular flexibility index (Phi) is 7.16. The number of nitrogens with zero attached hydrogens (tertiary/aromatic N) is 3. The third-order valence-electron chi connectivity index (χ3n) is 6.87. The van der Waals surface area contributed by atoms with Crippen LogP contribution in [0, 0.1) is 0 Å². The standard InChI is InChI=1S/C26H30N4O5/c1-35-23(32)21-9-7-20(8-10-21)17-28-15-12-26(13-16-28)24(33)29(18-22(27)31)25(34)30(26)14-11-19-5-3-2-4-6-19/h2-10H,11-18H2,1H3,(H2,27,31). The Bertz CT molecular complexity index is 1090. The zero-order valence-electron chi connectivity index (χ0n) is 19.8. The molecule has 0 radical (unpaired) electrons. The van der Waals surface area contributed by atoms with Gasteiger partial charge in [-0.05, 0) is 42.5 Å². The summed E-state index contributed by atoms with van der Waals surface area (Å²) < 4.78 is 4.74. The van der Waals surface area contributed by atoms with Crippen LogP contribution in [0.3, 0.4) is 0 Å². The van der Waals surface area contributed by atoms with E-state index in [1.54, 1.807) is 17.0 Å². The summed E-state index contributed by atoms with van der Waals surface area (Å²) in [5.41, 5.74) is 6.97. The van der Waals surface area contributed by atoms with Gasteiger partial charge in [-0.15, -0.1) is 0 Å². The Labute approximate surface area is 204 Å². The van der Waals surface area contributed by atoms with Crippen molar-refractivity contribution in [1.82, 2.24) is 14.7 Å². The second-order valence-electron chi connectivity index (χ2n) is 9.02. The van der Waals surface area contributed by atoms with Gasteiger partial charge in [0.2, 0.25) is 5.91 Å². The zero-order chi connectivity index (χ0) is 25.0. The van der Waals surface area contributed by atoms with E-state index in [0.717, 1.165) is 16.0 Å². The maximum Gasteiger partial charge on any atom is 0.337 e. The van der Waals surface area contributed by atoms with E-state index in [1.165, 1.54) is 7.11 Å². The highest BCUT2D eigenvalue weighted by molar-refractivity contribution is 6.09. The SMILES string of the molecule is COC(=O)c1ccc(CN2CCC3(CC2)C(=O)N(CC(N)=O)C(=O)N3CCc2ccccc2)cc1. The number of urea groups is 1. The highest BCUT2D eigenvalue weighted by atomic mass is 16.5. The minimum Gasteiger partial charge on any atom is -0.465 e. The maximum absolute atomic E-state index is 13.4. The number of carbonyl (C=O) groups excluding carboxylic acids is 4. The molecule has 0 atom stereocenters. The lowest BCUT2D eigenvalue weighted by atomic mass is 9.85. The Morgan fingerprint density at radius 2 is 1.63 bits per heavy atom. The summed E-state index contributed by atoms with van der Waals surface area (Å²) >= 11 is 0. The average molecular weight is 479 g/mol. The van der Waals surface area contributed by atoms with E-state index in [1.807, 2.05) is 42.5 Å². The van der Waals surface area contributed by atoms with Gasteiger partial charge >= 0.3 is 12.0 Å². The summed E-state index contributed by atoms with van der Waals surface area (Å²) in [7, 11) is 1.35. The third-order valence-corrected chi connectivity index (χ3v) is 6.87. The molecular formula is C26H30N4O5. The Hall–Kier alpha value is -3.72. The van der Waals surface area contributed by atoms with Crippen LogP contribution in [0.5, 0.6) is 0 Å². The summed E-state index contributed by atoms with van der Waals surface area (Å²) in [5.74, 6) is -1.42. The number of primary amides is 1. The van der Waals surface area contributed by atoms with Crippen molar-refractivity contribution < 1.29 is 23.9 Å². The second kappa shape index (κ2) is 10.3. The third kappa shape index (κ3) is 5.05. The molecule has 4 amide bonds. The van der Waals surface area contributed by atoms with Gasteiger partial charge in [0.05, 0.1) is 12.7 Å². The first-order valence-corrected chi connectivity index (χ1v) is 11.7. The average Bonchev–Trinajstić information content (AvgIpc) is 3.05. The molecule has 35 heavy (non-hydrogen) atoms. The number of amides is 4. The van der Waals surface area contributed by atoms with Crippen LogP contribution in [0.1, 0.15) is 34.3 Å². The molecule has 2 aliphatic heterocycles. The van der Waals surface area contributed by atoms with Crippen molar-refractivity contribution in [2.24, 2.45) is 5.73 Å². The summed E-state index contributed by atoms with van der Waals surface area (Å²) in [6.07, 6.45) is 1.56. The van der Waals surface area contributed by atoms with Gasteiger partial charge in [0, 0.05) is 26.2 Å². The van der Waals surface area contributed by atoms with Gasteiger partial charge < -0.3 is 15.4 Å². The first kappa shape index (κ1) is 24.4. The van der Waals surface area contributed by atoms with Crippen LogP contribution in [0.25, 0.3) is 0 Å². The van der Waals surface area contributed by atoms with Crippen molar-refractivity contribution in [3.63, 3.8) is 0 Å². The number of likely N-dealkylation sites (tertiary alicyclic amines) is 1. The number of carbonyl (C=O) groups is 4. The first-order chi connectivity index (χ1) is 16.8. The van der Waals surface area contributed by atoms with Crippen molar-refractivity contribution in [3.05, 3.63) is 71.3 Å². The first-order valence-electron chi connectivity index (χ1n) is 11.7. The molecule has 2 aromatic carbocycles. The molecular weight excluding hydrogens is 448 g/mol. The minimum atomic E-state index is -0.966. The number of hydrogen-bond acceptors (Lipinski definition) is 6. The quantitative estimate of drug-likeness (QED) is 0.457. The molecule has 0 unspecified atom stereocenters. The number of esters is 1. The molecule has 4 rings (SSSR count). The minimum absolute atomic E-state index is 0.337. The number of imide groups is 1. The molecule has 2 heterocycles. The molecule has 2 aliphatic rings. The van der Waals surface area contributed by atoms with E-state index in [9.17, 15) is 19.2 Å². The summed E-state index contributed by atoms with van der Waals surface area (Å²) in [4.78, 5) is 54.7. The lowest BCUT2D eigenvalue weighted by Crippen LogP contribution is -2.56. The molecule has 184 valence electrons. The molecule has 2 saturated heterocycles. The fourth-order valence-corrected chi connectivity index (χ4v) is 4.96. The van der Waals surface area contributed by atoms with Gasteiger partial charge in [-0.2, -0.15) is 0 Å². The predicted octanol–water partition coefficient (Wildman–Crippen LogP) is 1.80. The normalized spacial score (nSPS) is 17.7. The Morgan fingerprint density at radius 3 is 2.23 bits per heavy atom. The molecule has 2 N–H and O–H groups in total. The van der Waals surface area contributed by atoms with E-state index in [0.29, 0.717) is 51.0 Å². The van der Waals surface area contributed by atoms with E-state index in [2.05, 4.69) is 4.90 Å². The van der Waals surface area contributed by atoms with Crippen molar-refractivity contribution in [2.75, 3.05) is 33.3 Å². The monoisotopic (exact) mass is 478 g/mol. The van der Waals surface area contributed by atoms with Gasteiger partial charge in [-0.25, -0.2) is 9.59 Å². The maximum atomic E-state index is 13.4. The second-order valence-corrected chi connectivity index (χ2v) is 9.02. The summed E-state index contributed by atoms with van der Waals surface area (Å²) in [6, 6.07) is 16.6. The molecule has 0 saturated carbocycles. The van der Waals surface area contributed by atoms with Crippen molar-refractivity contribution in [1.29, 1.82) is 0 Å². The van der Waals surface area contributed by atoms with Crippen LogP contribution in [0.4, 0.5) is 4.79 Å². The van der Waals surface area contributed by atoms with Crippen LogP contribution < -0.4 is 5.73 Å². The van der Waals surface area contributed by atoms with Gasteiger partial charge in [0.15, 0.2) is 0 Å². The molecule has 0 aliphatic carbocycles. The lowest BCUT2D eigenvalue weighted by molar-refractivity contribution is -0.137. The Morgan fingerprint density at radius 1 is 0.971 bits per heavy atom. The van der Waals surface area contributed by atoms with E-state index in [4.69, 9.17) is 10.5 Å². The fourth-order valence-electron chi connectivity index (χ4n) is 4.96. The smallest absolute Gasteiger partial charge is 0.337 e. The zero-order valence-corrected chi connectivity index (χ0v) is 19.8. The van der Waals surface area contributed by atoms with Gasteiger partial charge in [0.1, 0.15) is 12.1 Å². The van der Waals surface area contributed by atoms with Crippen LogP contribution in [-0.2, 0) is 27.3 Å². The van der Waals surface area contributed by atoms with Crippen molar-refractivity contribution >= 4 is 23.8 Å². The molecule has 2 fully saturated rings. The van der Waals surface area contributed by atoms with Crippen LogP contribution in [0.2, 0.25) is 0 Å². The molecule has 9 nitrogen and oxygen atoms in total. The number of piperidine rings is 1. The van der Waals surface area contributed by atoms with Gasteiger partial charge in [-0.1, -0.05) is 42.5 Å². The van der Waals surface area contributed by atoms with Crippen molar-refractivity contribution in [3.8, 4) is 0 Å². The largest absolute Gasteiger partial charge is 0.465 e. The fraction of sp³-hybridized carbons (Fsp3) is 0.385. The lowest BCUT2D eigenvalue weighted by Gasteiger charge is -2.42. The van der Waals surface area contributed by atoms with Crippen LogP contribution in [-0.4, -0.2) is 77.3 Å². The Balaban J connectivity index is 1.47. The predicted molar refractivity (Wildman–Crippen MR) is 128 cm³/mol. The summed E-state index contributed by atoms with van der Waals surface area (Å²) in [5, 5.41) is 0. The molecule has 9 heteroatoms. The number of benzene rings is 2. The number of nitrogens with two attached hydrogens (primary N) is 1. The number of rotatable bonds is 8. The highest BCUT2D eigenvalue weighted by Gasteiger charge is 2.57. The molecule has 1 spiro atoms. The highest BCUT2D eigenvalue weighted by Crippen LogP contribution is 2.37. The van der Waals surface area contributed by atoms with Gasteiger partial charge in [0.25, 0.3) is 5.91 Å². The van der Waals surface area contributed by atoms with Crippen LogP contribution in [0.15, 0.2) is 54.6 Å². The number of ether oxygens (including phenoxy) is 1. The van der Waals surface area contributed by atoms with E-state index in [-0.39, 0.29) is 11.9 Å². The number of methoxy groups -OCH3 is 1. The molecule has 2 aromatic rings. The van der Waals surface area contributed by atoms with Crippen molar-refractivity contribution in [2.45, 2.75) is 31.3 Å². The number of hydrogen-bond donors (Lipinski definition) is 1. The van der Waals surface area contributed by atoms with E-state index >= 15 is 0 Å². The molecule has 0 aromatic heterocycles. The van der Waals surface area contributed by atoms with E-state index < -0.39 is 24.0 Å². The topological polar surface area (TPSA) is 113 Å². The summed E-state index contributed by atoms with van der Waals surface area (Å²) in [6.45, 7) is 1.87. The molecule has 0 bridgehead atoms. The van der Waals surface area contributed by atoms with Crippen LogP contribution >= 0.6 is 0 Å².